The zero-order valence-corrected chi connectivity index (χ0v) is 32.0. The quantitative estimate of drug-likeness (QED) is 0.0973. The summed E-state index contributed by atoms with van der Waals surface area (Å²) in [5.74, 6) is 3.90. The van der Waals surface area contributed by atoms with E-state index < -0.39 is 20.0 Å². The minimum absolute atomic E-state index is 0.0140. The largest absolute Gasteiger partial charge is 0.385 e. The zero-order valence-electron chi connectivity index (χ0n) is 29.5. The van der Waals surface area contributed by atoms with Gasteiger partial charge < -0.3 is 10.1 Å². The fraction of sp³-hybridized carbons (Fsp3) is 0.853. The number of nitrogens with one attached hydrogen (secondary N) is 1. The molecule has 0 saturated heterocycles. The van der Waals surface area contributed by atoms with Crippen molar-refractivity contribution in [2.45, 2.75) is 128 Å². The number of ether oxygens (including phenoxy) is 1. The Morgan fingerprint density at radius 2 is 1.62 bits per heavy atom. The van der Waals surface area contributed by atoms with Crippen molar-refractivity contribution < 1.29 is 21.6 Å². The average Bonchev–Trinajstić information content (AvgIpc) is 3.50. The molecule has 1 aromatic rings. The van der Waals surface area contributed by atoms with Gasteiger partial charge in [0.1, 0.15) is 8.42 Å². The molecule has 0 spiro atoms. The van der Waals surface area contributed by atoms with E-state index in [1.54, 1.807) is 13.3 Å². The van der Waals surface area contributed by atoms with Gasteiger partial charge in [-0.15, -0.1) is 11.3 Å². The van der Waals surface area contributed by atoms with Crippen LogP contribution >= 0.6 is 11.3 Å². The third-order valence-corrected chi connectivity index (χ3v) is 15.7. The fourth-order valence-corrected chi connectivity index (χ4v) is 12.7. The monoisotopic (exact) mass is 689 g/mol. The molecule has 45 heavy (non-hydrogen) atoms. The second kappa shape index (κ2) is 19.2. The van der Waals surface area contributed by atoms with Gasteiger partial charge in [-0.05, 0) is 67.4 Å². The van der Waals surface area contributed by atoms with E-state index in [-0.39, 0.29) is 21.0 Å². The summed E-state index contributed by atoms with van der Waals surface area (Å²) in [7, 11) is -6.23. The highest BCUT2D eigenvalue weighted by atomic mass is 32.3. The standard InChI is InChI=1S/C34H63N3O5S3/c1-10-25(8)27(12-3)29(14-5)30(15-6)28(13-4)26(11-2)19-17-20-36-44(38,39)33-23-31-32(35-16-7)24-37(21-18-22-42-9)45(40,41)34(31)43-33/h20,23,25-30,32,35H,10-19,21-22,24H2,1-9H3/b36-20+/t25?,26?,27?,28?,29?,30?,32-/m0/s1. The Hall–Kier alpha value is -0.850. The van der Waals surface area contributed by atoms with Crippen molar-refractivity contribution in [3.8, 4) is 0 Å². The molecule has 8 nitrogen and oxygen atoms in total. The number of likely N-dealkylation sites (N-methyl/N-ethyl adjacent to an activating group) is 1. The molecule has 262 valence electrons. The lowest BCUT2D eigenvalue weighted by atomic mass is 9.63. The number of hydrogen-bond acceptors (Lipinski definition) is 7. The number of thiophene rings is 1. The van der Waals surface area contributed by atoms with Crippen LogP contribution in [0.4, 0.5) is 0 Å². The van der Waals surface area contributed by atoms with Crippen LogP contribution in [-0.2, 0) is 24.8 Å². The molecule has 1 aliphatic rings. The van der Waals surface area contributed by atoms with Crippen molar-refractivity contribution in [1.29, 1.82) is 0 Å². The second-order valence-electron chi connectivity index (χ2n) is 12.8. The van der Waals surface area contributed by atoms with E-state index in [0.717, 1.165) is 36.5 Å². The van der Waals surface area contributed by atoms with Crippen LogP contribution in [0.1, 0.15) is 125 Å². The SMILES string of the molecule is CCN[C@H]1CN(CCCOC)S(=O)(=O)c2sc(S(=O)(=O)/N=C/CCC(CC)C(CC)C(CC)C(CC)C(CC)C(C)CC)cc21. The molecule has 1 aromatic heterocycles. The fourth-order valence-electron chi connectivity index (χ4n) is 7.95. The highest BCUT2D eigenvalue weighted by Gasteiger charge is 2.40. The first-order chi connectivity index (χ1) is 21.4. The number of fused-ring (bicyclic) bond motifs is 1. The Morgan fingerprint density at radius 1 is 1.00 bits per heavy atom. The van der Waals surface area contributed by atoms with Gasteiger partial charge >= 0.3 is 0 Å². The Bertz CT molecular complexity index is 1250. The maximum atomic E-state index is 13.4. The molecule has 7 atom stereocenters. The van der Waals surface area contributed by atoms with Crippen LogP contribution in [0.3, 0.4) is 0 Å². The summed E-state index contributed by atoms with van der Waals surface area (Å²) in [4.78, 5) is 0. The van der Waals surface area contributed by atoms with Gasteiger partial charge in [-0.2, -0.15) is 17.1 Å². The number of methoxy groups -OCH3 is 1. The first kappa shape index (κ1) is 40.3. The van der Waals surface area contributed by atoms with Gasteiger partial charge in [-0.25, -0.2) is 8.42 Å². The van der Waals surface area contributed by atoms with E-state index in [1.807, 2.05) is 6.92 Å². The third kappa shape index (κ3) is 10.1. The van der Waals surface area contributed by atoms with Gasteiger partial charge in [0.25, 0.3) is 20.0 Å². The number of hydrogen-bond donors (Lipinski definition) is 1. The van der Waals surface area contributed by atoms with Crippen LogP contribution in [-0.4, -0.2) is 60.7 Å². The third-order valence-electron chi connectivity index (χ3n) is 10.4. The lowest BCUT2D eigenvalue weighted by molar-refractivity contribution is 0.0731. The molecule has 11 heteroatoms. The molecule has 1 N–H and O–H groups in total. The Kier molecular flexibility index (Phi) is 17.2. The normalized spacial score (nSPS) is 21.3. The summed E-state index contributed by atoms with van der Waals surface area (Å²) >= 11 is 0.818. The van der Waals surface area contributed by atoms with Gasteiger partial charge in [-0.3, -0.25) is 0 Å². The van der Waals surface area contributed by atoms with E-state index in [2.05, 4.69) is 58.2 Å². The zero-order chi connectivity index (χ0) is 33.8. The molecule has 6 unspecified atom stereocenters. The van der Waals surface area contributed by atoms with Gasteiger partial charge in [0.2, 0.25) is 0 Å². The first-order valence-electron chi connectivity index (χ1n) is 17.6. The van der Waals surface area contributed by atoms with Crippen molar-refractivity contribution in [1.82, 2.24) is 9.62 Å². The highest BCUT2D eigenvalue weighted by molar-refractivity contribution is 7.94. The number of nitrogens with zero attached hydrogens (tertiary/aromatic N) is 2. The van der Waals surface area contributed by atoms with E-state index >= 15 is 0 Å². The van der Waals surface area contributed by atoms with Crippen LogP contribution in [0.15, 0.2) is 18.9 Å². The molecule has 2 rings (SSSR count). The van der Waals surface area contributed by atoms with E-state index in [9.17, 15) is 16.8 Å². The van der Waals surface area contributed by atoms with E-state index in [0.29, 0.717) is 67.7 Å². The molecular weight excluding hydrogens is 627 g/mol. The predicted molar refractivity (Wildman–Crippen MR) is 189 cm³/mol. The highest BCUT2D eigenvalue weighted by Crippen LogP contribution is 2.44. The van der Waals surface area contributed by atoms with Gasteiger partial charge in [-0.1, -0.05) is 93.9 Å². The molecule has 0 aliphatic carbocycles. The van der Waals surface area contributed by atoms with Crippen LogP contribution in [0, 0.1) is 35.5 Å². The van der Waals surface area contributed by atoms with Crippen LogP contribution < -0.4 is 5.32 Å². The predicted octanol–water partition coefficient (Wildman–Crippen LogP) is 8.16. The topological polar surface area (TPSA) is 105 Å². The molecule has 0 amide bonds. The molecule has 2 heterocycles. The average molecular weight is 690 g/mol. The van der Waals surface area contributed by atoms with Crippen LogP contribution in [0.2, 0.25) is 0 Å². The molecule has 0 radical (unpaired) electrons. The number of sulfonamides is 2. The van der Waals surface area contributed by atoms with Crippen molar-refractivity contribution in [3.63, 3.8) is 0 Å². The van der Waals surface area contributed by atoms with Crippen molar-refractivity contribution in [2.75, 3.05) is 33.4 Å². The summed E-state index contributed by atoms with van der Waals surface area (Å²) < 4.78 is 64.3. The molecular formula is C34H63N3O5S3. The summed E-state index contributed by atoms with van der Waals surface area (Å²) in [6.45, 7) is 20.0. The smallest absolute Gasteiger partial charge is 0.291 e. The van der Waals surface area contributed by atoms with Crippen molar-refractivity contribution in [2.24, 2.45) is 39.9 Å². The number of rotatable bonds is 22. The summed E-state index contributed by atoms with van der Waals surface area (Å²) in [5, 5.41) is 3.33. The molecule has 0 bridgehead atoms. The van der Waals surface area contributed by atoms with E-state index in [4.69, 9.17) is 4.74 Å². The minimum Gasteiger partial charge on any atom is -0.385 e. The van der Waals surface area contributed by atoms with Crippen molar-refractivity contribution >= 4 is 37.6 Å². The summed E-state index contributed by atoms with van der Waals surface area (Å²) in [6, 6.07) is 1.24. The maximum Gasteiger partial charge on any atom is 0.291 e. The van der Waals surface area contributed by atoms with Crippen LogP contribution in [0.25, 0.3) is 0 Å². The Balaban J connectivity index is 2.24. The first-order valence-corrected chi connectivity index (χ1v) is 21.3. The van der Waals surface area contributed by atoms with Gasteiger partial charge in [0, 0.05) is 44.6 Å². The minimum atomic E-state index is -4.02. The van der Waals surface area contributed by atoms with E-state index in [1.165, 1.54) is 36.1 Å². The summed E-state index contributed by atoms with van der Waals surface area (Å²) in [6.07, 6.45) is 10.6. The second-order valence-corrected chi connectivity index (χ2v) is 17.9. The summed E-state index contributed by atoms with van der Waals surface area (Å²) in [5.41, 5.74) is 0.523. The Morgan fingerprint density at radius 3 is 2.16 bits per heavy atom. The maximum absolute atomic E-state index is 13.4. The lowest BCUT2D eigenvalue weighted by Crippen LogP contribution is -2.43. The van der Waals surface area contributed by atoms with Gasteiger partial charge in [0.05, 0.1) is 0 Å². The van der Waals surface area contributed by atoms with Gasteiger partial charge in [0.15, 0.2) is 0 Å². The lowest BCUT2D eigenvalue weighted by Gasteiger charge is -2.42. The molecule has 0 aromatic carbocycles. The molecule has 0 fully saturated rings. The molecule has 1 aliphatic heterocycles. The van der Waals surface area contributed by atoms with Crippen molar-refractivity contribution in [3.05, 3.63) is 11.6 Å². The Labute approximate surface area is 280 Å². The molecule has 0 saturated carbocycles. The van der Waals surface area contributed by atoms with Crippen LogP contribution in [0.5, 0.6) is 0 Å².